The second kappa shape index (κ2) is 4.53. The monoisotopic (exact) mass is 214 g/mol. The van der Waals surface area contributed by atoms with Crippen LogP contribution >= 0.6 is 11.8 Å². The fourth-order valence-corrected chi connectivity index (χ4v) is 3.51. The molecule has 2 aliphatic heterocycles. The van der Waals surface area contributed by atoms with Crippen molar-refractivity contribution in [2.45, 2.75) is 30.6 Å². The molecule has 0 bridgehead atoms. The highest BCUT2D eigenvalue weighted by atomic mass is 32.2. The number of amides is 1. The molecule has 80 valence electrons. The van der Waals surface area contributed by atoms with Crippen LogP contribution in [0.25, 0.3) is 0 Å². The van der Waals surface area contributed by atoms with Crippen LogP contribution in [0.5, 0.6) is 0 Å². The number of nitrogens with one attached hydrogen (secondary N) is 1. The Labute approximate surface area is 89.6 Å². The van der Waals surface area contributed by atoms with E-state index in [1.807, 2.05) is 23.7 Å². The van der Waals surface area contributed by atoms with Gasteiger partial charge in [0.1, 0.15) is 0 Å². The van der Waals surface area contributed by atoms with Gasteiger partial charge in [-0.2, -0.15) is 11.8 Å². The number of carbonyl (C=O) groups is 1. The molecule has 3 nitrogen and oxygen atoms in total. The van der Waals surface area contributed by atoms with Gasteiger partial charge in [0.2, 0.25) is 5.91 Å². The minimum atomic E-state index is 0.0846. The first kappa shape index (κ1) is 10.3. The zero-order valence-corrected chi connectivity index (χ0v) is 9.48. The van der Waals surface area contributed by atoms with E-state index >= 15 is 0 Å². The predicted molar refractivity (Wildman–Crippen MR) is 59.5 cm³/mol. The summed E-state index contributed by atoms with van der Waals surface area (Å²) in [6.45, 7) is 1.92. The van der Waals surface area contributed by atoms with Crippen LogP contribution in [-0.4, -0.2) is 48.0 Å². The van der Waals surface area contributed by atoms with Crippen LogP contribution in [0.4, 0.5) is 0 Å². The number of likely N-dealkylation sites (tertiary alicyclic amines) is 1. The molecule has 0 spiro atoms. The lowest BCUT2D eigenvalue weighted by molar-refractivity contribution is -0.129. The maximum absolute atomic E-state index is 11.8. The van der Waals surface area contributed by atoms with Crippen molar-refractivity contribution in [1.82, 2.24) is 10.2 Å². The van der Waals surface area contributed by atoms with E-state index in [2.05, 4.69) is 5.32 Å². The number of likely N-dealkylation sites (N-methyl/N-ethyl adjacent to an activating group) is 1. The number of hydrogen-bond acceptors (Lipinski definition) is 3. The molecule has 0 saturated carbocycles. The summed E-state index contributed by atoms with van der Waals surface area (Å²) in [7, 11) is 1.87. The Hall–Kier alpha value is -0.220. The van der Waals surface area contributed by atoms with Crippen LogP contribution in [0.3, 0.4) is 0 Å². The second-order valence-corrected chi connectivity index (χ2v) is 5.46. The minimum absolute atomic E-state index is 0.0846. The highest BCUT2D eigenvalue weighted by Gasteiger charge is 2.32. The van der Waals surface area contributed by atoms with Crippen molar-refractivity contribution in [3.63, 3.8) is 0 Å². The number of carbonyl (C=O) groups excluding carboxylic acids is 1. The summed E-state index contributed by atoms with van der Waals surface area (Å²) in [5.41, 5.74) is 0. The summed E-state index contributed by atoms with van der Waals surface area (Å²) in [6, 6.07) is 0.0846. The number of thioether (sulfide) groups is 1. The third kappa shape index (κ3) is 2.06. The van der Waals surface area contributed by atoms with Crippen molar-refractivity contribution in [2.24, 2.45) is 0 Å². The summed E-state index contributed by atoms with van der Waals surface area (Å²) in [4.78, 5) is 13.8. The fraction of sp³-hybridized carbons (Fsp3) is 0.900. The van der Waals surface area contributed by atoms with Crippen molar-refractivity contribution < 1.29 is 4.79 Å². The average Bonchev–Trinajstić information content (AvgIpc) is 2.79. The summed E-state index contributed by atoms with van der Waals surface area (Å²) in [5, 5.41) is 3.77. The van der Waals surface area contributed by atoms with Gasteiger partial charge in [0.25, 0.3) is 0 Å². The third-order valence-corrected chi connectivity index (χ3v) is 4.47. The molecule has 0 aromatic carbocycles. The molecule has 4 heteroatoms. The number of hydrogen-bond donors (Lipinski definition) is 1. The summed E-state index contributed by atoms with van der Waals surface area (Å²) < 4.78 is 0. The van der Waals surface area contributed by atoms with Gasteiger partial charge >= 0.3 is 0 Å². The molecule has 2 saturated heterocycles. The maximum atomic E-state index is 11.8. The van der Waals surface area contributed by atoms with E-state index in [9.17, 15) is 4.79 Å². The zero-order valence-electron chi connectivity index (χ0n) is 8.66. The predicted octanol–water partition coefficient (Wildman–Crippen LogP) is 0.702. The summed E-state index contributed by atoms with van der Waals surface area (Å²) >= 11 is 2.03. The highest BCUT2D eigenvalue weighted by Crippen LogP contribution is 2.27. The van der Waals surface area contributed by atoms with Crippen LogP contribution in [0, 0.1) is 0 Å². The van der Waals surface area contributed by atoms with E-state index in [-0.39, 0.29) is 6.04 Å². The van der Waals surface area contributed by atoms with Crippen molar-refractivity contribution in [3.8, 4) is 0 Å². The number of nitrogens with zero attached hydrogens (tertiary/aromatic N) is 1. The second-order valence-electron chi connectivity index (χ2n) is 4.05. The van der Waals surface area contributed by atoms with E-state index in [0.717, 1.165) is 19.5 Å². The van der Waals surface area contributed by atoms with E-state index in [4.69, 9.17) is 0 Å². The summed E-state index contributed by atoms with van der Waals surface area (Å²) in [5.74, 6) is 1.59. The Balaban J connectivity index is 1.84. The Morgan fingerprint density at radius 2 is 2.43 bits per heavy atom. The largest absolute Gasteiger partial charge is 0.340 e. The van der Waals surface area contributed by atoms with Gasteiger partial charge in [0, 0.05) is 18.3 Å². The van der Waals surface area contributed by atoms with E-state index < -0.39 is 0 Å². The van der Waals surface area contributed by atoms with Gasteiger partial charge in [0.15, 0.2) is 0 Å². The van der Waals surface area contributed by atoms with Crippen molar-refractivity contribution in [1.29, 1.82) is 0 Å². The molecule has 2 heterocycles. The van der Waals surface area contributed by atoms with Gasteiger partial charge in [-0.05, 0) is 32.1 Å². The normalized spacial score (nSPS) is 32.9. The van der Waals surface area contributed by atoms with Crippen LogP contribution in [-0.2, 0) is 4.79 Å². The van der Waals surface area contributed by atoms with Gasteiger partial charge < -0.3 is 10.2 Å². The Morgan fingerprint density at radius 3 is 3.00 bits per heavy atom. The average molecular weight is 214 g/mol. The van der Waals surface area contributed by atoms with Crippen molar-refractivity contribution in [2.75, 3.05) is 25.9 Å². The van der Waals surface area contributed by atoms with Gasteiger partial charge in [-0.3, -0.25) is 4.79 Å². The molecular weight excluding hydrogens is 196 g/mol. The third-order valence-electron chi connectivity index (χ3n) is 3.09. The quantitative estimate of drug-likeness (QED) is 0.750. The molecule has 1 amide bonds. The van der Waals surface area contributed by atoms with Crippen molar-refractivity contribution in [3.05, 3.63) is 0 Å². The lowest BCUT2D eigenvalue weighted by Crippen LogP contribution is -2.38. The molecule has 1 N–H and O–H groups in total. The molecule has 2 rings (SSSR count). The molecule has 0 aromatic heterocycles. The first-order valence-electron chi connectivity index (χ1n) is 5.39. The fourth-order valence-electron chi connectivity index (χ4n) is 2.22. The lowest BCUT2D eigenvalue weighted by Gasteiger charge is -2.20. The molecule has 0 aromatic rings. The SMILES string of the molecule is CNC1CCN(CC2CCCS2)C1=O. The van der Waals surface area contributed by atoms with Crippen LogP contribution in [0.2, 0.25) is 0 Å². The molecule has 2 atom stereocenters. The van der Waals surface area contributed by atoms with Crippen molar-refractivity contribution >= 4 is 17.7 Å². The standard InChI is InChI=1S/C10H18N2OS/c1-11-9-4-5-12(10(9)13)7-8-3-2-6-14-8/h8-9,11H,2-7H2,1H3. The Morgan fingerprint density at radius 1 is 1.57 bits per heavy atom. The lowest BCUT2D eigenvalue weighted by atomic mass is 10.2. The van der Waals surface area contributed by atoms with E-state index in [1.165, 1.54) is 18.6 Å². The molecular formula is C10H18N2OS. The van der Waals surface area contributed by atoms with E-state index in [1.54, 1.807) is 0 Å². The molecule has 2 aliphatic rings. The van der Waals surface area contributed by atoms with Crippen LogP contribution in [0.15, 0.2) is 0 Å². The van der Waals surface area contributed by atoms with Gasteiger partial charge in [-0.1, -0.05) is 0 Å². The maximum Gasteiger partial charge on any atom is 0.239 e. The smallest absolute Gasteiger partial charge is 0.239 e. The van der Waals surface area contributed by atoms with Crippen LogP contribution in [0.1, 0.15) is 19.3 Å². The van der Waals surface area contributed by atoms with E-state index in [0.29, 0.717) is 11.2 Å². The summed E-state index contributed by atoms with van der Waals surface area (Å²) in [6.07, 6.45) is 3.60. The van der Waals surface area contributed by atoms with Gasteiger partial charge in [0.05, 0.1) is 6.04 Å². The van der Waals surface area contributed by atoms with Gasteiger partial charge in [-0.25, -0.2) is 0 Å². The molecule has 2 fully saturated rings. The topological polar surface area (TPSA) is 32.3 Å². The van der Waals surface area contributed by atoms with Gasteiger partial charge in [-0.15, -0.1) is 0 Å². The number of rotatable bonds is 3. The zero-order chi connectivity index (χ0) is 9.97. The Kier molecular flexibility index (Phi) is 3.34. The van der Waals surface area contributed by atoms with Crippen LogP contribution < -0.4 is 5.32 Å². The molecule has 2 unspecified atom stereocenters. The Bertz CT molecular complexity index is 216. The first-order valence-corrected chi connectivity index (χ1v) is 6.44. The molecule has 0 radical (unpaired) electrons. The first-order chi connectivity index (χ1) is 6.81. The molecule has 0 aliphatic carbocycles. The highest BCUT2D eigenvalue weighted by molar-refractivity contribution is 8.00. The minimum Gasteiger partial charge on any atom is -0.340 e. The molecule has 14 heavy (non-hydrogen) atoms.